The predicted molar refractivity (Wildman–Crippen MR) is 121 cm³/mol. The molecule has 1 heterocycles. The van der Waals surface area contributed by atoms with Crippen molar-refractivity contribution in [2.45, 2.75) is 64.8 Å². The van der Waals surface area contributed by atoms with Gasteiger partial charge in [-0.05, 0) is 45.2 Å². The number of alkyl carbamates (subject to hydrolysis) is 1. The van der Waals surface area contributed by atoms with Gasteiger partial charge in [0.05, 0.1) is 12.6 Å². The summed E-state index contributed by atoms with van der Waals surface area (Å²) in [6.45, 7) is 9.01. The molecule has 3 N–H and O–H groups in total. The van der Waals surface area contributed by atoms with E-state index in [1.165, 1.54) is 7.11 Å². The van der Waals surface area contributed by atoms with E-state index >= 15 is 0 Å². The number of nitrogens with zero attached hydrogens (tertiary/aromatic N) is 2. The van der Waals surface area contributed by atoms with Crippen molar-refractivity contribution in [2.75, 3.05) is 13.7 Å². The van der Waals surface area contributed by atoms with Gasteiger partial charge in [-0.3, -0.25) is 4.79 Å². The number of aliphatic hydroxyl groups is 1. The third-order valence-electron chi connectivity index (χ3n) is 4.49. The minimum atomic E-state index is -1.24. The summed E-state index contributed by atoms with van der Waals surface area (Å²) in [5.41, 5.74) is -0.00204. The minimum Gasteiger partial charge on any atom is -0.444 e. The van der Waals surface area contributed by atoms with Crippen molar-refractivity contribution in [3.8, 4) is 11.5 Å². The van der Waals surface area contributed by atoms with Gasteiger partial charge >= 0.3 is 6.09 Å². The Bertz CT molecular complexity index is 894. The van der Waals surface area contributed by atoms with Crippen molar-refractivity contribution in [3.05, 3.63) is 36.2 Å². The number of hydrogen-bond donors (Lipinski definition) is 3. The summed E-state index contributed by atoms with van der Waals surface area (Å²) in [4.78, 5) is 25.1. The Morgan fingerprint density at radius 3 is 2.36 bits per heavy atom. The molecule has 0 aliphatic carbocycles. The van der Waals surface area contributed by atoms with Crippen LogP contribution in [0.1, 0.15) is 53.0 Å². The maximum Gasteiger partial charge on any atom is 0.408 e. The number of aromatic nitrogens is 2. The first-order valence-corrected chi connectivity index (χ1v) is 10.9. The van der Waals surface area contributed by atoms with Crippen LogP contribution in [0.25, 0.3) is 11.5 Å². The quantitative estimate of drug-likeness (QED) is 0.490. The summed E-state index contributed by atoms with van der Waals surface area (Å²) in [6, 6.07) is 7.42. The standard InChI is InChI=1S/C23H34N4O6/c1-14(2)12-16(18(28)21-27-26-20(32-21)15-10-8-7-9-11-15)24-19(29)17(13-31-6)25-22(30)33-23(3,4)5/h7-11,14,16-18,28H,12-13H2,1-6H3,(H,24,29)(H,25,30). The fourth-order valence-corrected chi connectivity index (χ4v) is 3.08. The van der Waals surface area contributed by atoms with Crippen LogP contribution in [0.2, 0.25) is 0 Å². The number of carbonyl (C=O) groups is 2. The molecule has 0 aliphatic rings. The van der Waals surface area contributed by atoms with Crippen LogP contribution in [0.3, 0.4) is 0 Å². The molecule has 0 aliphatic heterocycles. The minimum absolute atomic E-state index is 0.0109. The van der Waals surface area contributed by atoms with E-state index in [2.05, 4.69) is 20.8 Å². The van der Waals surface area contributed by atoms with E-state index in [0.717, 1.165) is 5.56 Å². The molecule has 0 fully saturated rings. The Labute approximate surface area is 194 Å². The molecule has 10 nitrogen and oxygen atoms in total. The maximum atomic E-state index is 12.9. The summed E-state index contributed by atoms with van der Waals surface area (Å²) in [6.07, 6.45) is -1.56. The Morgan fingerprint density at radius 1 is 1.12 bits per heavy atom. The first kappa shape index (κ1) is 26.3. The molecule has 0 radical (unpaired) electrons. The van der Waals surface area contributed by atoms with Crippen molar-refractivity contribution in [1.82, 2.24) is 20.8 Å². The molecule has 3 atom stereocenters. The van der Waals surface area contributed by atoms with E-state index in [9.17, 15) is 14.7 Å². The van der Waals surface area contributed by atoms with E-state index in [1.807, 2.05) is 44.2 Å². The highest BCUT2D eigenvalue weighted by Gasteiger charge is 2.32. The van der Waals surface area contributed by atoms with Crippen molar-refractivity contribution in [1.29, 1.82) is 0 Å². The molecule has 0 saturated heterocycles. The molecule has 2 amide bonds. The van der Waals surface area contributed by atoms with Gasteiger partial charge in [0, 0.05) is 12.7 Å². The molecule has 2 rings (SSSR count). The van der Waals surface area contributed by atoms with Gasteiger partial charge in [0.1, 0.15) is 11.6 Å². The number of amides is 2. The average molecular weight is 463 g/mol. The fraction of sp³-hybridized carbons (Fsp3) is 0.565. The summed E-state index contributed by atoms with van der Waals surface area (Å²) < 4.78 is 16.0. The SMILES string of the molecule is COCC(NC(=O)OC(C)(C)C)C(=O)NC(CC(C)C)C(O)c1nnc(-c2ccccc2)o1. The molecule has 2 aromatic rings. The van der Waals surface area contributed by atoms with Crippen LogP contribution in [0, 0.1) is 5.92 Å². The largest absolute Gasteiger partial charge is 0.444 e. The lowest BCUT2D eigenvalue weighted by Crippen LogP contribution is -2.53. The zero-order chi connectivity index (χ0) is 24.6. The van der Waals surface area contributed by atoms with E-state index in [-0.39, 0.29) is 24.3 Å². The van der Waals surface area contributed by atoms with Crippen molar-refractivity contribution >= 4 is 12.0 Å². The molecule has 0 bridgehead atoms. The second kappa shape index (κ2) is 11.8. The van der Waals surface area contributed by atoms with Gasteiger partial charge in [0.15, 0.2) is 6.10 Å². The molecule has 1 aromatic heterocycles. The van der Waals surface area contributed by atoms with Gasteiger partial charge in [0.25, 0.3) is 0 Å². The number of aliphatic hydroxyl groups excluding tert-OH is 1. The van der Waals surface area contributed by atoms with Gasteiger partial charge < -0.3 is 29.6 Å². The smallest absolute Gasteiger partial charge is 0.408 e. The summed E-state index contributed by atoms with van der Waals surface area (Å²) in [5.74, 6) is -0.136. The average Bonchev–Trinajstić information content (AvgIpc) is 3.21. The molecular weight excluding hydrogens is 428 g/mol. The van der Waals surface area contributed by atoms with Crippen molar-refractivity contribution < 1.29 is 28.6 Å². The van der Waals surface area contributed by atoms with E-state index in [0.29, 0.717) is 6.42 Å². The highest BCUT2D eigenvalue weighted by molar-refractivity contribution is 5.86. The van der Waals surface area contributed by atoms with Gasteiger partial charge in [0.2, 0.25) is 17.7 Å². The van der Waals surface area contributed by atoms with Crippen LogP contribution in [-0.4, -0.2) is 58.7 Å². The molecule has 3 unspecified atom stereocenters. The van der Waals surface area contributed by atoms with Crippen LogP contribution >= 0.6 is 0 Å². The summed E-state index contributed by atoms with van der Waals surface area (Å²) in [7, 11) is 1.42. The van der Waals surface area contributed by atoms with Crippen LogP contribution in [0.4, 0.5) is 4.79 Å². The Balaban J connectivity index is 2.15. The first-order chi connectivity index (χ1) is 15.5. The van der Waals surface area contributed by atoms with Crippen LogP contribution in [0.5, 0.6) is 0 Å². The topological polar surface area (TPSA) is 136 Å². The Morgan fingerprint density at radius 2 is 1.79 bits per heavy atom. The Hall–Kier alpha value is -2.98. The van der Waals surface area contributed by atoms with Gasteiger partial charge in [-0.25, -0.2) is 4.79 Å². The summed E-state index contributed by atoms with van der Waals surface area (Å²) in [5, 5.41) is 24.2. The third kappa shape index (κ3) is 8.47. The predicted octanol–water partition coefficient (Wildman–Crippen LogP) is 2.84. The number of ether oxygens (including phenoxy) is 2. The fourth-order valence-electron chi connectivity index (χ4n) is 3.08. The van der Waals surface area contributed by atoms with Crippen LogP contribution < -0.4 is 10.6 Å². The zero-order valence-electron chi connectivity index (χ0n) is 20.0. The summed E-state index contributed by atoms with van der Waals surface area (Å²) >= 11 is 0. The van der Waals surface area contributed by atoms with Crippen LogP contribution in [-0.2, 0) is 14.3 Å². The van der Waals surface area contributed by atoms with Gasteiger partial charge in [-0.2, -0.15) is 0 Å². The van der Waals surface area contributed by atoms with Crippen molar-refractivity contribution in [3.63, 3.8) is 0 Å². The highest BCUT2D eigenvalue weighted by atomic mass is 16.6. The maximum absolute atomic E-state index is 12.9. The third-order valence-corrected chi connectivity index (χ3v) is 4.49. The lowest BCUT2D eigenvalue weighted by atomic mass is 9.98. The molecule has 0 spiro atoms. The molecule has 1 aromatic carbocycles. The normalized spacial score (nSPS) is 14.4. The van der Waals surface area contributed by atoms with E-state index < -0.39 is 35.8 Å². The number of hydrogen-bond acceptors (Lipinski definition) is 8. The lowest BCUT2D eigenvalue weighted by molar-refractivity contribution is -0.126. The molecule has 33 heavy (non-hydrogen) atoms. The lowest BCUT2D eigenvalue weighted by Gasteiger charge is -2.27. The number of benzene rings is 1. The zero-order valence-corrected chi connectivity index (χ0v) is 20.0. The van der Waals surface area contributed by atoms with E-state index in [1.54, 1.807) is 20.8 Å². The molecule has 10 heteroatoms. The second-order valence-electron chi connectivity index (χ2n) is 9.16. The number of rotatable bonds is 10. The van der Waals surface area contributed by atoms with Gasteiger partial charge in [-0.15, -0.1) is 10.2 Å². The number of nitrogens with one attached hydrogen (secondary N) is 2. The number of methoxy groups -OCH3 is 1. The monoisotopic (exact) mass is 462 g/mol. The highest BCUT2D eigenvalue weighted by Crippen LogP contribution is 2.24. The second-order valence-corrected chi connectivity index (χ2v) is 9.16. The van der Waals surface area contributed by atoms with E-state index in [4.69, 9.17) is 13.9 Å². The molecular formula is C23H34N4O6. The number of carbonyl (C=O) groups excluding carboxylic acids is 2. The van der Waals surface area contributed by atoms with Crippen molar-refractivity contribution in [2.24, 2.45) is 5.92 Å². The molecule has 182 valence electrons. The van der Waals surface area contributed by atoms with Crippen LogP contribution in [0.15, 0.2) is 34.7 Å². The molecule has 0 saturated carbocycles. The first-order valence-electron chi connectivity index (χ1n) is 10.9. The van der Waals surface area contributed by atoms with Gasteiger partial charge in [-0.1, -0.05) is 32.0 Å². The Kier molecular flexibility index (Phi) is 9.36.